The maximum absolute atomic E-state index is 12.2. The lowest BCUT2D eigenvalue weighted by atomic mass is 10.1. The number of hydrogen-bond donors (Lipinski definition) is 1. The second-order valence-electron chi connectivity index (χ2n) is 4.69. The number of rotatable bonds is 3. The van der Waals surface area contributed by atoms with Crippen molar-refractivity contribution >= 4 is 15.9 Å². The van der Waals surface area contributed by atoms with Crippen molar-refractivity contribution in [3.63, 3.8) is 0 Å². The summed E-state index contributed by atoms with van der Waals surface area (Å²) in [6, 6.07) is 5.72. The molecular formula is C13H17NO2S. The quantitative estimate of drug-likeness (QED) is 0.895. The number of nitrogens with one attached hydrogen (secondary N) is 1. The summed E-state index contributed by atoms with van der Waals surface area (Å²) in [5, 5.41) is 3.15. The largest absolute Gasteiger partial charge is 0.310 e. The Morgan fingerprint density at radius 3 is 2.65 bits per heavy atom. The highest BCUT2D eigenvalue weighted by atomic mass is 32.2. The second-order valence-corrected chi connectivity index (χ2v) is 6.66. The molecule has 2 rings (SSSR count). The van der Waals surface area contributed by atoms with Crippen molar-refractivity contribution in [2.45, 2.75) is 31.7 Å². The molecule has 1 aromatic rings. The van der Waals surface area contributed by atoms with E-state index in [0.717, 1.165) is 11.1 Å². The Balaban J connectivity index is 2.37. The second kappa shape index (κ2) is 4.27. The molecule has 17 heavy (non-hydrogen) atoms. The minimum Gasteiger partial charge on any atom is -0.310 e. The van der Waals surface area contributed by atoms with Gasteiger partial charge in [0, 0.05) is 12.6 Å². The van der Waals surface area contributed by atoms with Gasteiger partial charge in [-0.3, -0.25) is 0 Å². The smallest absolute Gasteiger partial charge is 0.204 e. The van der Waals surface area contributed by atoms with E-state index >= 15 is 0 Å². The topological polar surface area (TPSA) is 46.2 Å². The Labute approximate surface area is 102 Å². The molecule has 0 spiro atoms. The van der Waals surface area contributed by atoms with E-state index in [9.17, 15) is 8.42 Å². The van der Waals surface area contributed by atoms with Crippen molar-refractivity contribution in [3.8, 4) is 0 Å². The van der Waals surface area contributed by atoms with Crippen LogP contribution in [0.5, 0.6) is 0 Å². The molecule has 0 saturated carbocycles. The van der Waals surface area contributed by atoms with Gasteiger partial charge in [-0.05, 0) is 24.6 Å². The minimum atomic E-state index is -3.26. The van der Waals surface area contributed by atoms with E-state index in [2.05, 4.69) is 5.32 Å². The van der Waals surface area contributed by atoms with Crippen LogP contribution in [0.15, 0.2) is 28.0 Å². The molecule has 0 radical (unpaired) electrons. The maximum atomic E-state index is 12.2. The van der Waals surface area contributed by atoms with E-state index in [1.54, 1.807) is 12.1 Å². The van der Waals surface area contributed by atoms with E-state index in [4.69, 9.17) is 0 Å². The van der Waals surface area contributed by atoms with Crippen molar-refractivity contribution in [1.29, 1.82) is 0 Å². The molecule has 3 nitrogen and oxygen atoms in total. The number of hydrogen-bond acceptors (Lipinski definition) is 3. The molecule has 92 valence electrons. The average Bonchev–Trinajstić information content (AvgIpc) is 2.46. The fourth-order valence-electron chi connectivity index (χ4n) is 1.87. The van der Waals surface area contributed by atoms with Gasteiger partial charge in [0.15, 0.2) is 0 Å². The summed E-state index contributed by atoms with van der Waals surface area (Å²) in [5.74, 6) is 0. The summed E-state index contributed by atoms with van der Waals surface area (Å²) in [4.78, 5) is 0.899. The fourth-order valence-corrected chi connectivity index (χ4v) is 3.38. The summed E-state index contributed by atoms with van der Waals surface area (Å²) in [5.41, 5.74) is 1.89. The Kier molecular flexibility index (Phi) is 3.10. The van der Waals surface area contributed by atoms with Crippen LogP contribution in [0, 0.1) is 6.92 Å². The normalized spacial score (nSPS) is 17.1. The molecule has 0 aromatic heterocycles. The van der Waals surface area contributed by atoms with Gasteiger partial charge in [0.1, 0.15) is 0 Å². The van der Waals surface area contributed by atoms with Crippen molar-refractivity contribution in [2.75, 3.05) is 6.54 Å². The predicted octanol–water partition coefficient (Wildman–Crippen LogP) is 2.12. The van der Waals surface area contributed by atoms with Gasteiger partial charge in [-0.2, -0.15) is 0 Å². The van der Waals surface area contributed by atoms with Crippen LogP contribution in [0.3, 0.4) is 0 Å². The van der Waals surface area contributed by atoms with Gasteiger partial charge < -0.3 is 5.32 Å². The highest BCUT2D eigenvalue weighted by Crippen LogP contribution is 2.32. The summed E-state index contributed by atoms with van der Waals surface area (Å²) in [7, 11) is -3.26. The van der Waals surface area contributed by atoms with Gasteiger partial charge >= 0.3 is 0 Å². The zero-order chi connectivity index (χ0) is 12.6. The highest BCUT2D eigenvalue weighted by Gasteiger charge is 2.28. The molecule has 0 atom stereocenters. The summed E-state index contributed by atoms with van der Waals surface area (Å²) < 4.78 is 24.4. The summed E-state index contributed by atoms with van der Waals surface area (Å²) in [6.07, 6.45) is 1.77. The molecule has 0 saturated heterocycles. The van der Waals surface area contributed by atoms with E-state index in [-0.39, 0.29) is 6.04 Å². The van der Waals surface area contributed by atoms with Crippen LogP contribution in [0.2, 0.25) is 0 Å². The van der Waals surface area contributed by atoms with Gasteiger partial charge in [-0.15, -0.1) is 0 Å². The Hall–Kier alpha value is -1.13. The molecule has 0 bridgehead atoms. The first kappa shape index (κ1) is 12.3. The molecule has 1 aliphatic rings. The van der Waals surface area contributed by atoms with E-state index in [0.29, 0.717) is 16.3 Å². The molecule has 0 amide bonds. The fraction of sp³-hybridized carbons (Fsp3) is 0.385. The van der Waals surface area contributed by atoms with Gasteiger partial charge in [-0.1, -0.05) is 31.5 Å². The number of sulfone groups is 1. The first-order valence-electron chi connectivity index (χ1n) is 5.71. The van der Waals surface area contributed by atoms with Gasteiger partial charge in [0.2, 0.25) is 9.84 Å². The lowest BCUT2D eigenvalue weighted by Crippen LogP contribution is -2.26. The molecular weight excluding hydrogens is 234 g/mol. The summed E-state index contributed by atoms with van der Waals surface area (Å²) in [6.45, 7) is 6.36. The van der Waals surface area contributed by atoms with Crippen LogP contribution in [0.4, 0.5) is 0 Å². The van der Waals surface area contributed by atoms with Crippen LogP contribution < -0.4 is 5.32 Å². The lowest BCUT2D eigenvalue weighted by Gasteiger charge is -2.08. The van der Waals surface area contributed by atoms with Crippen LogP contribution >= 0.6 is 0 Å². The standard InChI is InChI=1S/C13H17NO2S/c1-9(2)14-8-12-7-11-6-10(3)4-5-13(11)17(12,15)16/h4-7,9,14H,8H2,1-3H3. The molecule has 0 aliphatic carbocycles. The zero-order valence-electron chi connectivity index (χ0n) is 10.3. The molecule has 1 aliphatic heterocycles. The molecule has 1 heterocycles. The first-order valence-corrected chi connectivity index (χ1v) is 7.19. The van der Waals surface area contributed by atoms with Gasteiger partial charge in [0.05, 0.1) is 9.80 Å². The lowest BCUT2D eigenvalue weighted by molar-refractivity contribution is 0.593. The third-order valence-electron chi connectivity index (χ3n) is 2.80. The molecule has 0 unspecified atom stereocenters. The summed E-state index contributed by atoms with van der Waals surface area (Å²) >= 11 is 0. The molecule has 1 N–H and O–H groups in total. The highest BCUT2D eigenvalue weighted by molar-refractivity contribution is 7.95. The third-order valence-corrected chi connectivity index (χ3v) is 4.70. The van der Waals surface area contributed by atoms with Crippen LogP contribution in [0.1, 0.15) is 25.0 Å². The number of aryl methyl sites for hydroxylation is 1. The minimum absolute atomic E-state index is 0.275. The average molecular weight is 251 g/mol. The van der Waals surface area contributed by atoms with E-state index in [1.165, 1.54) is 0 Å². The van der Waals surface area contributed by atoms with Crippen molar-refractivity contribution in [2.24, 2.45) is 0 Å². The van der Waals surface area contributed by atoms with Crippen molar-refractivity contribution in [3.05, 3.63) is 34.2 Å². The maximum Gasteiger partial charge on any atom is 0.204 e. The van der Waals surface area contributed by atoms with Crippen LogP contribution in [0.25, 0.3) is 6.08 Å². The molecule has 0 fully saturated rings. The molecule has 1 aromatic carbocycles. The Bertz CT molecular complexity index is 571. The first-order chi connectivity index (χ1) is 7.91. The van der Waals surface area contributed by atoms with Gasteiger partial charge in [0.25, 0.3) is 0 Å². The molecule has 4 heteroatoms. The number of fused-ring (bicyclic) bond motifs is 1. The SMILES string of the molecule is Cc1ccc2c(c1)C=C(CNC(C)C)S2(=O)=O. The predicted molar refractivity (Wildman–Crippen MR) is 69.5 cm³/mol. The Morgan fingerprint density at radius 1 is 1.29 bits per heavy atom. The van der Waals surface area contributed by atoms with Crippen LogP contribution in [-0.2, 0) is 9.84 Å². The van der Waals surface area contributed by atoms with Crippen LogP contribution in [-0.4, -0.2) is 21.0 Å². The zero-order valence-corrected chi connectivity index (χ0v) is 11.1. The van der Waals surface area contributed by atoms with Crippen molar-refractivity contribution in [1.82, 2.24) is 5.32 Å². The monoisotopic (exact) mass is 251 g/mol. The van der Waals surface area contributed by atoms with Crippen molar-refractivity contribution < 1.29 is 8.42 Å². The van der Waals surface area contributed by atoms with E-state index in [1.807, 2.05) is 32.9 Å². The number of benzene rings is 1. The van der Waals surface area contributed by atoms with Gasteiger partial charge in [-0.25, -0.2) is 8.42 Å². The van der Waals surface area contributed by atoms with E-state index < -0.39 is 9.84 Å². The third kappa shape index (κ3) is 2.28. The Morgan fingerprint density at radius 2 is 2.00 bits per heavy atom.